The lowest BCUT2D eigenvalue weighted by Gasteiger charge is -2.38. The van der Waals surface area contributed by atoms with Crippen molar-refractivity contribution >= 4 is 29.2 Å². The first-order valence-electron chi connectivity index (χ1n) is 7.99. The summed E-state index contributed by atoms with van der Waals surface area (Å²) in [7, 11) is 1.85. The average Bonchev–Trinajstić information content (AvgIpc) is 3.08. The van der Waals surface area contributed by atoms with Gasteiger partial charge in [0.05, 0.1) is 11.2 Å². The first kappa shape index (κ1) is 15.4. The predicted molar refractivity (Wildman–Crippen MR) is 87.8 cm³/mol. The van der Waals surface area contributed by atoms with Crippen molar-refractivity contribution in [1.82, 2.24) is 24.2 Å². The molecule has 0 aliphatic carbocycles. The summed E-state index contributed by atoms with van der Waals surface area (Å²) in [4.78, 5) is 36.5. The molecule has 2 aliphatic rings. The molecule has 0 radical (unpaired) electrons. The van der Waals surface area contributed by atoms with Gasteiger partial charge in [0, 0.05) is 50.9 Å². The maximum absolute atomic E-state index is 12.7. The Morgan fingerprint density at radius 1 is 1.29 bits per heavy atom. The minimum atomic E-state index is -0.0934. The van der Waals surface area contributed by atoms with Crippen LogP contribution in [0.1, 0.15) is 29.8 Å². The van der Waals surface area contributed by atoms with E-state index in [1.54, 1.807) is 21.7 Å². The van der Waals surface area contributed by atoms with Crippen LogP contribution in [0.2, 0.25) is 5.02 Å². The molecule has 0 saturated carbocycles. The van der Waals surface area contributed by atoms with Gasteiger partial charge in [0.1, 0.15) is 5.69 Å². The quantitative estimate of drug-likeness (QED) is 0.783. The number of hydrogen-bond acceptors (Lipinski definition) is 4. The Morgan fingerprint density at radius 3 is 2.71 bits per heavy atom. The lowest BCUT2D eigenvalue weighted by molar-refractivity contribution is -0.126. The molecule has 2 saturated heterocycles. The standard InChI is InChI=1S/C16H18ClN5O2/c1-20-10-16(6-13(20)23)2-4-21(5-3-16)14(24)12-9-22-8-11(17)7-18-15(22)19-12/h7-9H,2-6,10H2,1H3. The molecule has 0 aromatic carbocycles. The molecule has 1 spiro atoms. The Kier molecular flexibility index (Phi) is 3.49. The number of piperidine rings is 1. The van der Waals surface area contributed by atoms with Crippen LogP contribution in [0.15, 0.2) is 18.6 Å². The van der Waals surface area contributed by atoms with Gasteiger partial charge in [-0.25, -0.2) is 9.97 Å². The number of amides is 2. The van der Waals surface area contributed by atoms with Crippen molar-refractivity contribution in [3.8, 4) is 0 Å². The highest BCUT2D eigenvalue weighted by atomic mass is 35.5. The lowest BCUT2D eigenvalue weighted by Crippen LogP contribution is -2.44. The fourth-order valence-electron chi connectivity index (χ4n) is 3.75. The van der Waals surface area contributed by atoms with Crippen molar-refractivity contribution in [2.24, 2.45) is 5.41 Å². The maximum atomic E-state index is 12.7. The Hall–Kier alpha value is -2.15. The van der Waals surface area contributed by atoms with Gasteiger partial charge in [-0.15, -0.1) is 0 Å². The topological polar surface area (TPSA) is 70.8 Å². The number of nitrogens with zero attached hydrogens (tertiary/aromatic N) is 5. The zero-order valence-corrected chi connectivity index (χ0v) is 14.2. The van der Waals surface area contributed by atoms with E-state index in [-0.39, 0.29) is 17.2 Å². The number of imidazole rings is 1. The first-order valence-corrected chi connectivity index (χ1v) is 8.37. The number of rotatable bonds is 1. The number of hydrogen-bond donors (Lipinski definition) is 0. The van der Waals surface area contributed by atoms with E-state index in [1.807, 2.05) is 11.9 Å². The van der Waals surface area contributed by atoms with E-state index in [0.717, 1.165) is 19.4 Å². The molecule has 24 heavy (non-hydrogen) atoms. The highest BCUT2D eigenvalue weighted by molar-refractivity contribution is 6.30. The Labute approximate surface area is 144 Å². The third kappa shape index (κ3) is 2.53. The smallest absolute Gasteiger partial charge is 0.274 e. The van der Waals surface area contributed by atoms with Gasteiger partial charge >= 0.3 is 0 Å². The minimum absolute atomic E-state index is 0.0383. The monoisotopic (exact) mass is 347 g/mol. The molecule has 7 nitrogen and oxygen atoms in total. The van der Waals surface area contributed by atoms with Crippen molar-refractivity contribution in [3.05, 3.63) is 29.3 Å². The third-order valence-corrected chi connectivity index (χ3v) is 5.33. The Balaban J connectivity index is 1.48. The second kappa shape index (κ2) is 5.44. The van der Waals surface area contributed by atoms with Gasteiger partial charge in [-0.2, -0.15) is 0 Å². The number of aromatic nitrogens is 3. The van der Waals surface area contributed by atoms with Crippen LogP contribution in [0.5, 0.6) is 0 Å². The van der Waals surface area contributed by atoms with E-state index < -0.39 is 0 Å². The molecule has 2 amide bonds. The molecule has 2 aromatic rings. The largest absolute Gasteiger partial charge is 0.345 e. The van der Waals surface area contributed by atoms with Crippen molar-refractivity contribution < 1.29 is 9.59 Å². The minimum Gasteiger partial charge on any atom is -0.345 e. The predicted octanol–water partition coefficient (Wildman–Crippen LogP) is 1.47. The van der Waals surface area contributed by atoms with Crippen LogP contribution >= 0.6 is 11.6 Å². The number of halogens is 1. The molecule has 4 rings (SSSR count). The van der Waals surface area contributed by atoms with Gasteiger partial charge in [0.25, 0.3) is 5.91 Å². The van der Waals surface area contributed by atoms with Crippen LogP contribution in [0.25, 0.3) is 5.78 Å². The molecule has 8 heteroatoms. The van der Waals surface area contributed by atoms with E-state index in [9.17, 15) is 9.59 Å². The molecule has 2 fully saturated rings. The molecule has 0 unspecified atom stereocenters. The van der Waals surface area contributed by atoms with Gasteiger partial charge < -0.3 is 9.80 Å². The van der Waals surface area contributed by atoms with Crippen molar-refractivity contribution in [3.63, 3.8) is 0 Å². The summed E-state index contributed by atoms with van der Waals surface area (Å²) in [5, 5.41) is 0.494. The van der Waals surface area contributed by atoms with Gasteiger partial charge in [-0.05, 0) is 12.8 Å². The van der Waals surface area contributed by atoms with Gasteiger partial charge in [-0.1, -0.05) is 11.6 Å². The van der Waals surface area contributed by atoms with Crippen molar-refractivity contribution in [1.29, 1.82) is 0 Å². The van der Waals surface area contributed by atoms with Gasteiger partial charge in [0.15, 0.2) is 0 Å². The molecular weight excluding hydrogens is 330 g/mol. The number of carbonyl (C=O) groups excluding carboxylic acids is 2. The summed E-state index contributed by atoms with van der Waals surface area (Å²) < 4.78 is 1.66. The van der Waals surface area contributed by atoms with E-state index in [1.165, 1.54) is 6.20 Å². The molecule has 2 aliphatic heterocycles. The summed E-state index contributed by atoms with van der Waals surface area (Å²) in [6.07, 6.45) is 7.16. The number of carbonyl (C=O) groups is 2. The van der Waals surface area contributed by atoms with Crippen LogP contribution in [0.3, 0.4) is 0 Å². The van der Waals surface area contributed by atoms with E-state index in [2.05, 4.69) is 9.97 Å². The van der Waals surface area contributed by atoms with E-state index in [0.29, 0.717) is 36.0 Å². The average molecular weight is 348 g/mol. The summed E-state index contributed by atoms with van der Waals surface area (Å²) in [5.74, 6) is 0.571. The molecule has 2 aromatic heterocycles. The normalized spacial score (nSPS) is 20.3. The summed E-state index contributed by atoms with van der Waals surface area (Å²) in [6.45, 7) is 2.11. The summed E-state index contributed by atoms with van der Waals surface area (Å²) in [5.41, 5.74) is 0.414. The summed E-state index contributed by atoms with van der Waals surface area (Å²) in [6, 6.07) is 0. The fourth-order valence-corrected chi connectivity index (χ4v) is 3.90. The zero-order chi connectivity index (χ0) is 16.9. The number of likely N-dealkylation sites (tertiary alicyclic amines) is 2. The molecule has 126 valence electrons. The zero-order valence-electron chi connectivity index (χ0n) is 13.4. The number of fused-ring (bicyclic) bond motifs is 1. The lowest BCUT2D eigenvalue weighted by atomic mass is 9.77. The third-order valence-electron chi connectivity index (χ3n) is 5.13. The molecular formula is C16H18ClN5O2. The van der Waals surface area contributed by atoms with E-state index >= 15 is 0 Å². The van der Waals surface area contributed by atoms with Crippen LogP contribution in [0.4, 0.5) is 0 Å². The van der Waals surface area contributed by atoms with Crippen molar-refractivity contribution in [2.75, 3.05) is 26.7 Å². The highest BCUT2D eigenvalue weighted by Crippen LogP contribution is 2.40. The Bertz CT molecular complexity index is 825. The SMILES string of the molecule is CN1CC2(CCN(C(=O)c3cn4cc(Cl)cnc4n3)CC2)CC1=O. The highest BCUT2D eigenvalue weighted by Gasteiger charge is 2.44. The van der Waals surface area contributed by atoms with Crippen LogP contribution < -0.4 is 0 Å². The molecule has 4 heterocycles. The second-order valence-electron chi connectivity index (χ2n) is 6.82. The molecule has 0 bridgehead atoms. The van der Waals surface area contributed by atoms with E-state index in [4.69, 9.17) is 11.6 Å². The van der Waals surface area contributed by atoms with Crippen molar-refractivity contribution in [2.45, 2.75) is 19.3 Å². The summed E-state index contributed by atoms with van der Waals surface area (Å²) >= 11 is 5.91. The van der Waals surface area contributed by atoms with Crippen LogP contribution in [-0.2, 0) is 4.79 Å². The first-order chi connectivity index (χ1) is 11.5. The van der Waals surface area contributed by atoms with Crippen LogP contribution in [0, 0.1) is 5.41 Å². The fraction of sp³-hybridized carbons (Fsp3) is 0.500. The molecule has 0 N–H and O–H groups in total. The Morgan fingerprint density at radius 2 is 2.04 bits per heavy atom. The van der Waals surface area contributed by atoms with Gasteiger partial charge in [-0.3, -0.25) is 14.0 Å². The second-order valence-corrected chi connectivity index (χ2v) is 7.26. The maximum Gasteiger partial charge on any atom is 0.274 e. The van der Waals surface area contributed by atoms with Crippen LogP contribution in [-0.4, -0.2) is 62.7 Å². The van der Waals surface area contributed by atoms with Gasteiger partial charge in [0.2, 0.25) is 11.7 Å². The molecule has 0 atom stereocenters.